The van der Waals surface area contributed by atoms with E-state index in [1.165, 1.54) is 5.56 Å². The van der Waals surface area contributed by atoms with Gasteiger partial charge in [0.1, 0.15) is 11.5 Å². The van der Waals surface area contributed by atoms with E-state index < -0.39 is 0 Å². The van der Waals surface area contributed by atoms with Gasteiger partial charge in [-0.1, -0.05) is 47.7 Å². The van der Waals surface area contributed by atoms with Gasteiger partial charge in [-0.15, -0.1) is 0 Å². The number of aromatic nitrogens is 1. The SMILES string of the molecule is Cc1ccc(C)c2sc(N(CC3CCCO3)C(=O)c3cccc(Oc4ccccc4)c3)nc12. The summed E-state index contributed by atoms with van der Waals surface area (Å²) in [5.41, 5.74) is 3.80. The third kappa shape index (κ3) is 4.63. The monoisotopic (exact) mass is 458 g/mol. The summed E-state index contributed by atoms with van der Waals surface area (Å²) in [6, 6.07) is 21.1. The van der Waals surface area contributed by atoms with Gasteiger partial charge in [-0.05, 0) is 68.1 Å². The Labute approximate surface area is 197 Å². The van der Waals surface area contributed by atoms with Gasteiger partial charge in [0.15, 0.2) is 5.13 Å². The van der Waals surface area contributed by atoms with Crippen molar-refractivity contribution in [2.24, 2.45) is 0 Å². The first-order chi connectivity index (χ1) is 16.1. The van der Waals surface area contributed by atoms with Crippen molar-refractivity contribution in [1.29, 1.82) is 0 Å². The lowest BCUT2D eigenvalue weighted by Gasteiger charge is -2.23. The summed E-state index contributed by atoms with van der Waals surface area (Å²) < 4.78 is 13.0. The lowest BCUT2D eigenvalue weighted by molar-refractivity contribution is 0.0917. The van der Waals surface area contributed by atoms with Crippen molar-refractivity contribution in [3.05, 3.63) is 83.4 Å². The highest BCUT2D eigenvalue weighted by atomic mass is 32.1. The smallest absolute Gasteiger partial charge is 0.260 e. The number of benzene rings is 3. The van der Waals surface area contributed by atoms with Crippen molar-refractivity contribution in [1.82, 2.24) is 4.98 Å². The minimum atomic E-state index is -0.0987. The number of thiazole rings is 1. The first-order valence-corrected chi connectivity index (χ1v) is 12.0. The molecule has 4 aromatic rings. The van der Waals surface area contributed by atoms with Crippen LogP contribution in [0.15, 0.2) is 66.7 Å². The summed E-state index contributed by atoms with van der Waals surface area (Å²) in [5, 5.41) is 0.706. The van der Waals surface area contributed by atoms with Gasteiger partial charge in [0, 0.05) is 12.2 Å². The molecular formula is C27H26N2O3S. The van der Waals surface area contributed by atoms with E-state index in [4.69, 9.17) is 14.5 Å². The largest absolute Gasteiger partial charge is 0.457 e. The summed E-state index contributed by atoms with van der Waals surface area (Å²) in [5.74, 6) is 1.26. The molecule has 1 aliphatic heterocycles. The van der Waals surface area contributed by atoms with E-state index in [2.05, 4.69) is 26.0 Å². The molecule has 5 nitrogen and oxygen atoms in total. The Morgan fingerprint density at radius 3 is 2.61 bits per heavy atom. The van der Waals surface area contributed by atoms with E-state index in [1.807, 2.05) is 48.5 Å². The van der Waals surface area contributed by atoms with E-state index >= 15 is 0 Å². The summed E-state index contributed by atoms with van der Waals surface area (Å²) in [7, 11) is 0. The van der Waals surface area contributed by atoms with E-state index in [9.17, 15) is 4.79 Å². The molecule has 168 valence electrons. The molecule has 2 heterocycles. The second-order valence-electron chi connectivity index (χ2n) is 8.37. The summed E-state index contributed by atoms with van der Waals surface area (Å²) in [6.45, 7) is 5.37. The summed E-state index contributed by atoms with van der Waals surface area (Å²) in [4.78, 5) is 20.4. The number of anilines is 1. The number of fused-ring (bicyclic) bond motifs is 1. The number of amides is 1. The molecule has 1 atom stereocenters. The van der Waals surface area contributed by atoms with Crippen LogP contribution in [0, 0.1) is 13.8 Å². The second kappa shape index (κ2) is 9.33. The van der Waals surface area contributed by atoms with Crippen LogP contribution in [0.4, 0.5) is 5.13 Å². The van der Waals surface area contributed by atoms with Crippen molar-refractivity contribution in [2.45, 2.75) is 32.8 Å². The minimum absolute atomic E-state index is 0.0203. The van der Waals surface area contributed by atoms with Gasteiger partial charge in [-0.3, -0.25) is 9.69 Å². The second-order valence-corrected chi connectivity index (χ2v) is 9.34. The Bertz CT molecular complexity index is 1240. The lowest BCUT2D eigenvalue weighted by Crippen LogP contribution is -2.37. The van der Waals surface area contributed by atoms with E-state index in [-0.39, 0.29) is 12.0 Å². The fourth-order valence-corrected chi connectivity index (χ4v) is 5.20. The normalized spacial score (nSPS) is 15.6. The van der Waals surface area contributed by atoms with Crippen LogP contribution in [-0.4, -0.2) is 30.1 Å². The molecular weight excluding hydrogens is 432 g/mol. The Kier molecular flexibility index (Phi) is 6.11. The first-order valence-electron chi connectivity index (χ1n) is 11.2. The number of hydrogen-bond acceptors (Lipinski definition) is 5. The van der Waals surface area contributed by atoms with Gasteiger partial charge >= 0.3 is 0 Å². The van der Waals surface area contributed by atoms with Crippen molar-refractivity contribution in [3.63, 3.8) is 0 Å². The van der Waals surface area contributed by atoms with Gasteiger partial charge in [0.05, 0.1) is 22.9 Å². The number of aryl methyl sites for hydroxylation is 2. The van der Waals surface area contributed by atoms with Crippen molar-refractivity contribution in [3.8, 4) is 11.5 Å². The van der Waals surface area contributed by atoms with Crippen LogP contribution >= 0.6 is 11.3 Å². The van der Waals surface area contributed by atoms with Crippen LogP contribution in [0.3, 0.4) is 0 Å². The number of carbonyl (C=O) groups is 1. The fraction of sp³-hybridized carbons (Fsp3) is 0.259. The van der Waals surface area contributed by atoms with Crippen LogP contribution < -0.4 is 9.64 Å². The molecule has 5 rings (SSSR count). The highest BCUT2D eigenvalue weighted by molar-refractivity contribution is 7.22. The lowest BCUT2D eigenvalue weighted by atomic mass is 10.1. The highest BCUT2D eigenvalue weighted by Gasteiger charge is 2.27. The summed E-state index contributed by atoms with van der Waals surface area (Å²) >= 11 is 1.57. The highest BCUT2D eigenvalue weighted by Crippen LogP contribution is 2.34. The molecule has 1 aromatic heterocycles. The topological polar surface area (TPSA) is 51.7 Å². The van der Waals surface area contributed by atoms with Crippen LogP contribution in [0.5, 0.6) is 11.5 Å². The van der Waals surface area contributed by atoms with Crippen LogP contribution in [0.1, 0.15) is 34.3 Å². The Balaban J connectivity index is 1.49. The average Bonchev–Trinajstić information content (AvgIpc) is 3.51. The molecule has 1 saturated heterocycles. The number of hydrogen-bond donors (Lipinski definition) is 0. The molecule has 1 unspecified atom stereocenters. The molecule has 0 N–H and O–H groups in total. The predicted molar refractivity (Wildman–Crippen MR) is 133 cm³/mol. The average molecular weight is 459 g/mol. The third-order valence-electron chi connectivity index (χ3n) is 5.88. The van der Waals surface area contributed by atoms with Crippen molar-refractivity contribution >= 4 is 32.6 Å². The molecule has 1 amide bonds. The number of carbonyl (C=O) groups excluding carboxylic acids is 1. The maximum Gasteiger partial charge on any atom is 0.260 e. The van der Waals surface area contributed by atoms with Gasteiger partial charge < -0.3 is 9.47 Å². The molecule has 0 radical (unpaired) electrons. The van der Waals surface area contributed by atoms with E-state index in [0.717, 1.165) is 41.0 Å². The number of para-hydroxylation sites is 1. The molecule has 6 heteroatoms. The molecule has 0 aliphatic carbocycles. The maximum absolute atomic E-state index is 13.8. The van der Waals surface area contributed by atoms with E-state index in [0.29, 0.717) is 23.0 Å². The fourth-order valence-electron chi connectivity index (χ4n) is 4.08. The zero-order chi connectivity index (χ0) is 22.8. The molecule has 0 spiro atoms. The number of rotatable bonds is 6. The molecule has 1 fully saturated rings. The zero-order valence-corrected chi connectivity index (χ0v) is 19.6. The van der Waals surface area contributed by atoms with Crippen LogP contribution in [-0.2, 0) is 4.74 Å². The standard InChI is InChI=1S/C27H26N2O3S/c1-18-13-14-19(2)25-24(18)28-27(33-25)29(17-23-12-7-15-31-23)26(30)20-8-6-11-22(16-20)32-21-9-4-3-5-10-21/h3-6,8-11,13-14,16,23H,7,12,15,17H2,1-2H3. The first kappa shape index (κ1) is 21.6. The minimum Gasteiger partial charge on any atom is -0.457 e. The van der Waals surface area contributed by atoms with Gasteiger partial charge in [0.2, 0.25) is 0 Å². The predicted octanol–water partition coefficient (Wildman–Crippen LogP) is 6.53. The van der Waals surface area contributed by atoms with E-state index in [1.54, 1.807) is 22.3 Å². The third-order valence-corrected chi connectivity index (χ3v) is 7.09. The van der Waals surface area contributed by atoms with Crippen molar-refractivity contribution < 1.29 is 14.3 Å². The van der Waals surface area contributed by atoms with Gasteiger partial charge in [-0.2, -0.15) is 0 Å². The molecule has 0 bridgehead atoms. The van der Waals surface area contributed by atoms with Crippen LogP contribution in [0.2, 0.25) is 0 Å². The number of ether oxygens (including phenoxy) is 2. The Hall–Kier alpha value is -3.22. The zero-order valence-electron chi connectivity index (χ0n) is 18.8. The molecule has 33 heavy (non-hydrogen) atoms. The van der Waals surface area contributed by atoms with Crippen LogP contribution in [0.25, 0.3) is 10.2 Å². The Morgan fingerprint density at radius 1 is 1.06 bits per heavy atom. The Morgan fingerprint density at radius 2 is 1.85 bits per heavy atom. The van der Waals surface area contributed by atoms with Gasteiger partial charge in [-0.25, -0.2) is 4.98 Å². The van der Waals surface area contributed by atoms with Crippen molar-refractivity contribution in [2.75, 3.05) is 18.1 Å². The molecule has 1 aliphatic rings. The maximum atomic E-state index is 13.8. The number of nitrogens with zero attached hydrogens (tertiary/aromatic N) is 2. The quantitative estimate of drug-likeness (QED) is 0.330. The summed E-state index contributed by atoms with van der Waals surface area (Å²) in [6.07, 6.45) is 1.99. The molecule has 0 saturated carbocycles. The van der Waals surface area contributed by atoms with Gasteiger partial charge in [0.25, 0.3) is 5.91 Å². The molecule has 3 aromatic carbocycles.